The highest BCUT2D eigenvalue weighted by Gasteiger charge is 2.32. The van der Waals surface area contributed by atoms with Crippen molar-refractivity contribution in [3.63, 3.8) is 0 Å². The fourth-order valence-electron chi connectivity index (χ4n) is 3.33. The van der Waals surface area contributed by atoms with E-state index in [0.29, 0.717) is 19.8 Å². The second-order valence-electron chi connectivity index (χ2n) is 6.27. The number of carbonyl (C=O) groups excluding carboxylic acids is 2. The maximum Gasteiger partial charge on any atom is 0.293 e. The maximum atomic E-state index is 12.0. The lowest BCUT2D eigenvalue weighted by Crippen LogP contribution is -3.11. The Hall–Kier alpha value is -2.28. The lowest BCUT2D eigenvalue weighted by molar-refractivity contribution is -0.910. The Labute approximate surface area is 141 Å². The van der Waals surface area contributed by atoms with Crippen LogP contribution in [0.2, 0.25) is 0 Å². The molecule has 1 aromatic rings. The van der Waals surface area contributed by atoms with Gasteiger partial charge in [0.2, 0.25) is 5.91 Å². The van der Waals surface area contributed by atoms with E-state index >= 15 is 0 Å². The van der Waals surface area contributed by atoms with Crippen molar-refractivity contribution < 1.29 is 24.0 Å². The van der Waals surface area contributed by atoms with Crippen molar-refractivity contribution in [3.05, 3.63) is 23.8 Å². The number of ether oxygens (including phenoxy) is 2. The molecule has 0 aromatic heterocycles. The molecule has 1 saturated heterocycles. The molecular formula is C17H24N3O4+. The Kier molecular flexibility index (Phi) is 5.20. The van der Waals surface area contributed by atoms with E-state index in [1.807, 2.05) is 12.1 Å². The van der Waals surface area contributed by atoms with Crippen LogP contribution < -0.4 is 25.2 Å². The molecule has 0 saturated carbocycles. The fraction of sp³-hybridized carbons (Fsp3) is 0.529. The number of carbonyl (C=O) groups is 2. The van der Waals surface area contributed by atoms with Gasteiger partial charge < -0.3 is 14.4 Å². The summed E-state index contributed by atoms with van der Waals surface area (Å²) < 4.78 is 11.4. The minimum atomic E-state index is -0.278. The van der Waals surface area contributed by atoms with Crippen molar-refractivity contribution in [2.45, 2.75) is 32.2 Å². The SMILES string of the molecule is CC(=O)NNC(=O)C[NH+]1CCC[C@@H]1c1ccc2c(c1)OCCCO2. The molecule has 0 radical (unpaired) electrons. The Morgan fingerprint density at radius 3 is 2.75 bits per heavy atom. The van der Waals surface area contributed by atoms with E-state index < -0.39 is 0 Å². The molecule has 1 unspecified atom stereocenters. The van der Waals surface area contributed by atoms with E-state index in [4.69, 9.17) is 9.47 Å². The summed E-state index contributed by atoms with van der Waals surface area (Å²) >= 11 is 0. The summed E-state index contributed by atoms with van der Waals surface area (Å²) in [7, 11) is 0. The first kappa shape index (κ1) is 16.6. The molecule has 2 aliphatic rings. The van der Waals surface area contributed by atoms with E-state index in [1.165, 1.54) is 17.4 Å². The van der Waals surface area contributed by atoms with Gasteiger partial charge in [0.25, 0.3) is 5.91 Å². The third kappa shape index (κ3) is 3.97. The third-order valence-corrected chi connectivity index (χ3v) is 4.42. The summed E-state index contributed by atoms with van der Waals surface area (Å²) in [5.74, 6) is 1.12. The molecule has 24 heavy (non-hydrogen) atoms. The standard InChI is InChI=1S/C17H23N3O4/c1-12(21)18-19-17(22)11-20-7-2-4-14(20)13-5-6-15-16(10-13)24-9-3-8-23-15/h5-6,10,14H,2-4,7-9,11H2,1H3,(H,18,21)(H,19,22)/p+1/t14-/m1/s1. The molecule has 0 aliphatic carbocycles. The van der Waals surface area contributed by atoms with Crippen molar-refractivity contribution in [1.82, 2.24) is 10.9 Å². The van der Waals surface area contributed by atoms with Gasteiger partial charge in [-0.2, -0.15) is 0 Å². The Bertz CT molecular complexity index is 620. The summed E-state index contributed by atoms with van der Waals surface area (Å²) in [6.45, 7) is 3.98. The first-order valence-electron chi connectivity index (χ1n) is 8.43. The third-order valence-electron chi connectivity index (χ3n) is 4.42. The second-order valence-corrected chi connectivity index (χ2v) is 6.27. The summed E-state index contributed by atoms with van der Waals surface area (Å²) in [5, 5.41) is 0. The van der Waals surface area contributed by atoms with Crippen molar-refractivity contribution in [1.29, 1.82) is 0 Å². The van der Waals surface area contributed by atoms with Crippen LogP contribution in [0.3, 0.4) is 0 Å². The van der Waals surface area contributed by atoms with Gasteiger partial charge in [-0.3, -0.25) is 20.4 Å². The molecule has 2 heterocycles. The quantitative estimate of drug-likeness (QED) is 0.665. The Balaban J connectivity index is 1.68. The number of quaternary nitrogens is 1. The van der Waals surface area contributed by atoms with Gasteiger partial charge in [0.15, 0.2) is 18.0 Å². The number of rotatable bonds is 3. The number of hydrazine groups is 1. The number of hydrogen-bond acceptors (Lipinski definition) is 4. The number of likely N-dealkylation sites (tertiary alicyclic amines) is 1. The minimum Gasteiger partial charge on any atom is -0.490 e. The van der Waals surface area contributed by atoms with Crippen LogP contribution in [0.5, 0.6) is 11.5 Å². The molecule has 130 valence electrons. The molecule has 1 aromatic carbocycles. The number of hydrogen-bond donors (Lipinski definition) is 3. The lowest BCUT2D eigenvalue weighted by Gasteiger charge is -2.22. The average Bonchev–Trinajstić information content (AvgIpc) is 2.88. The molecule has 0 spiro atoms. The van der Waals surface area contributed by atoms with E-state index in [2.05, 4.69) is 16.9 Å². The first-order chi connectivity index (χ1) is 11.6. The molecule has 3 rings (SSSR count). The highest BCUT2D eigenvalue weighted by Crippen LogP contribution is 2.33. The van der Waals surface area contributed by atoms with E-state index in [-0.39, 0.29) is 17.9 Å². The van der Waals surface area contributed by atoms with Gasteiger partial charge in [0, 0.05) is 31.7 Å². The van der Waals surface area contributed by atoms with Crippen molar-refractivity contribution in [2.75, 3.05) is 26.3 Å². The van der Waals surface area contributed by atoms with Gasteiger partial charge in [-0.05, 0) is 18.2 Å². The summed E-state index contributed by atoms with van der Waals surface area (Å²) in [6, 6.07) is 6.33. The van der Waals surface area contributed by atoms with E-state index in [1.54, 1.807) is 0 Å². The van der Waals surface area contributed by atoms with Crippen molar-refractivity contribution in [2.24, 2.45) is 0 Å². The van der Waals surface area contributed by atoms with E-state index in [9.17, 15) is 9.59 Å². The molecule has 7 heteroatoms. The number of fused-ring (bicyclic) bond motifs is 1. The number of amides is 2. The van der Waals surface area contributed by atoms with Crippen LogP contribution in [0.4, 0.5) is 0 Å². The zero-order valence-electron chi connectivity index (χ0n) is 13.9. The largest absolute Gasteiger partial charge is 0.490 e. The summed E-state index contributed by atoms with van der Waals surface area (Å²) in [4.78, 5) is 24.0. The maximum absolute atomic E-state index is 12.0. The Morgan fingerprint density at radius 1 is 1.17 bits per heavy atom. The zero-order valence-corrected chi connectivity index (χ0v) is 13.9. The predicted octanol–water partition coefficient (Wildman–Crippen LogP) is -0.265. The lowest BCUT2D eigenvalue weighted by atomic mass is 10.0. The highest BCUT2D eigenvalue weighted by atomic mass is 16.5. The van der Waals surface area contributed by atoms with Crippen molar-refractivity contribution in [3.8, 4) is 11.5 Å². The van der Waals surface area contributed by atoms with Crippen LogP contribution in [0.15, 0.2) is 18.2 Å². The van der Waals surface area contributed by atoms with Crippen LogP contribution in [0, 0.1) is 0 Å². The molecule has 0 bridgehead atoms. The molecule has 2 atom stereocenters. The molecular weight excluding hydrogens is 310 g/mol. The van der Waals surface area contributed by atoms with Crippen LogP contribution in [0.25, 0.3) is 0 Å². The van der Waals surface area contributed by atoms with Crippen LogP contribution >= 0.6 is 0 Å². The first-order valence-corrected chi connectivity index (χ1v) is 8.43. The molecule has 1 fully saturated rings. The van der Waals surface area contributed by atoms with Gasteiger partial charge >= 0.3 is 0 Å². The number of benzene rings is 1. The molecule has 7 nitrogen and oxygen atoms in total. The second kappa shape index (κ2) is 7.53. The zero-order chi connectivity index (χ0) is 16.9. The average molecular weight is 334 g/mol. The summed E-state index contributed by atoms with van der Waals surface area (Å²) in [6.07, 6.45) is 2.98. The van der Waals surface area contributed by atoms with Crippen LogP contribution in [-0.4, -0.2) is 38.1 Å². The van der Waals surface area contributed by atoms with Crippen molar-refractivity contribution >= 4 is 11.8 Å². The van der Waals surface area contributed by atoms with Crippen LogP contribution in [-0.2, 0) is 9.59 Å². The Morgan fingerprint density at radius 2 is 1.96 bits per heavy atom. The monoisotopic (exact) mass is 334 g/mol. The van der Waals surface area contributed by atoms with Gasteiger partial charge in [0.05, 0.1) is 19.8 Å². The van der Waals surface area contributed by atoms with E-state index in [0.717, 1.165) is 37.3 Å². The molecule has 2 amide bonds. The molecule has 3 N–H and O–H groups in total. The van der Waals surface area contributed by atoms with Gasteiger partial charge in [-0.1, -0.05) is 0 Å². The minimum absolute atomic E-state index is 0.179. The van der Waals surface area contributed by atoms with Gasteiger partial charge in [-0.15, -0.1) is 0 Å². The smallest absolute Gasteiger partial charge is 0.293 e. The van der Waals surface area contributed by atoms with Crippen LogP contribution in [0.1, 0.15) is 37.8 Å². The predicted molar refractivity (Wildman–Crippen MR) is 86.7 cm³/mol. The topological polar surface area (TPSA) is 81.1 Å². The highest BCUT2D eigenvalue weighted by molar-refractivity contribution is 5.81. The van der Waals surface area contributed by atoms with Gasteiger partial charge in [0.1, 0.15) is 6.04 Å². The molecule has 2 aliphatic heterocycles. The fourth-order valence-corrected chi connectivity index (χ4v) is 3.33. The normalized spacial score (nSPS) is 22.5. The number of nitrogens with one attached hydrogen (secondary N) is 3. The summed E-state index contributed by atoms with van der Waals surface area (Å²) in [5.41, 5.74) is 5.93. The van der Waals surface area contributed by atoms with Gasteiger partial charge in [-0.25, -0.2) is 0 Å².